The molecule has 0 N–H and O–H groups in total. The highest BCUT2D eigenvalue weighted by molar-refractivity contribution is 8.76. The Hall–Kier alpha value is -2.08. The largest absolute Gasteiger partial charge is 0.497 e. The van der Waals surface area contributed by atoms with Gasteiger partial charge in [-0.3, -0.25) is 0 Å². The Bertz CT molecular complexity index is 896. The fraction of sp³-hybridized carbons (Fsp3) is 0.321. The number of hydrogen-bond donors (Lipinski definition) is 0. The quantitative estimate of drug-likeness (QED) is 0.144. The Kier molecular flexibility index (Phi) is 10.0. The third-order valence-corrected chi connectivity index (χ3v) is 8.55. The molecule has 0 spiro atoms. The van der Waals surface area contributed by atoms with Crippen molar-refractivity contribution in [3.63, 3.8) is 0 Å². The molecule has 0 aliphatic rings. The van der Waals surface area contributed by atoms with Crippen molar-refractivity contribution in [2.45, 2.75) is 30.6 Å². The fourth-order valence-corrected chi connectivity index (χ4v) is 5.92. The maximum absolute atomic E-state index is 6.85. The molecule has 0 heterocycles. The molecule has 0 aliphatic carbocycles. The molecule has 0 saturated heterocycles. The molecule has 0 bridgehead atoms. The summed E-state index contributed by atoms with van der Waals surface area (Å²) in [6.07, 6.45) is 1.91. The van der Waals surface area contributed by atoms with E-state index in [0.717, 1.165) is 46.8 Å². The van der Waals surface area contributed by atoms with Crippen molar-refractivity contribution in [1.82, 2.24) is 0 Å². The molecular weight excluding hydrogens is 448 g/mol. The zero-order valence-electron chi connectivity index (χ0n) is 19.7. The van der Waals surface area contributed by atoms with Gasteiger partial charge in [0.15, 0.2) is 0 Å². The van der Waals surface area contributed by atoms with Crippen molar-refractivity contribution in [2.24, 2.45) is 0 Å². The summed E-state index contributed by atoms with van der Waals surface area (Å²) in [6.45, 7) is 6.84. The summed E-state index contributed by atoms with van der Waals surface area (Å²) in [5.41, 5.74) is 2.48. The van der Waals surface area contributed by atoms with Crippen molar-refractivity contribution < 1.29 is 14.2 Å². The van der Waals surface area contributed by atoms with Gasteiger partial charge in [-0.15, -0.1) is 0 Å². The molecule has 3 aromatic rings. The van der Waals surface area contributed by atoms with Crippen molar-refractivity contribution in [3.05, 3.63) is 102 Å². The van der Waals surface area contributed by atoms with Crippen LogP contribution in [0, 0.1) is 6.92 Å². The Labute approximate surface area is 206 Å². The monoisotopic (exact) mass is 481 g/mol. The Morgan fingerprint density at radius 3 is 1.79 bits per heavy atom. The van der Waals surface area contributed by atoms with Crippen LogP contribution in [0.1, 0.15) is 36.5 Å². The summed E-state index contributed by atoms with van der Waals surface area (Å²) in [7, 11) is 7.17. The highest BCUT2D eigenvalue weighted by atomic mass is 33.1. The first-order valence-corrected chi connectivity index (χ1v) is 13.6. The van der Waals surface area contributed by atoms with Gasteiger partial charge in [-0.25, -0.2) is 0 Å². The van der Waals surface area contributed by atoms with Gasteiger partial charge in [0.1, 0.15) is 17.1 Å². The summed E-state index contributed by atoms with van der Waals surface area (Å²) in [5, 5.41) is 0.568. The second-order valence-electron chi connectivity index (χ2n) is 7.72. The molecule has 0 fully saturated rings. The molecular formula is C28H33O3S2. The number of rotatable bonds is 13. The van der Waals surface area contributed by atoms with Crippen molar-refractivity contribution in [3.8, 4) is 11.5 Å². The minimum absolute atomic E-state index is 0.568. The zero-order chi connectivity index (χ0) is 23.5. The summed E-state index contributed by atoms with van der Waals surface area (Å²) in [4.78, 5) is 0. The third kappa shape index (κ3) is 6.50. The van der Waals surface area contributed by atoms with Crippen LogP contribution in [0.15, 0.2) is 78.9 Å². The first-order chi connectivity index (χ1) is 16.1. The fourth-order valence-electron chi connectivity index (χ4n) is 3.63. The summed E-state index contributed by atoms with van der Waals surface area (Å²) < 4.78 is 17.7. The minimum atomic E-state index is -0.738. The van der Waals surface area contributed by atoms with Crippen molar-refractivity contribution >= 4 is 21.6 Å². The van der Waals surface area contributed by atoms with Gasteiger partial charge in [0.05, 0.1) is 14.2 Å². The summed E-state index contributed by atoms with van der Waals surface area (Å²) in [6, 6.07) is 26.8. The Morgan fingerprint density at radius 2 is 1.30 bits per heavy atom. The second kappa shape index (κ2) is 13.0. The average Bonchev–Trinajstić information content (AvgIpc) is 2.89. The highest BCUT2D eigenvalue weighted by Crippen LogP contribution is 2.42. The second-order valence-corrected chi connectivity index (χ2v) is 10.6. The maximum Gasteiger partial charge on any atom is 0.143 e. The van der Waals surface area contributed by atoms with Crippen LogP contribution in [0.5, 0.6) is 11.5 Å². The summed E-state index contributed by atoms with van der Waals surface area (Å²) >= 11 is 0. The van der Waals surface area contributed by atoms with E-state index in [9.17, 15) is 0 Å². The third-order valence-electron chi connectivity index (χ3n) is 5.50. The van der Waals surface area contributed by atoms with Crippen LogP contribution in [0.25, 0.3) is 0 Å². The van der Waals surface area contributed by atoms with Crippen LogP contribution in [0.4, 0.5) is 0 Å². The van der Waals surface area contributed by atoms with Crippen LogP contribution >= 0.6 is 21.6 Å². The van der Waals surface area contributed by atoms with Gasteiger partial charge >= 0.3 is 0 Å². The minimum Gasteiger partial charge on any atom is -0.497 e. The first kappa shape index (κ1) is 25.5. The van der Waals surface area contributed by atoms with Gasteiger partial charge in [0.25, 0.3) is 0 Å². The molecule has 3 rings (SSSR count). The molecule has 0 aliphatic heterocycles. The van der Waals surface area contributed by atoms with Gasteiger partial charge in [0, 0.05) is 17.6 Å². The molecule has 1 unspecified atom stereocenters. The molecule has 0 saturated carbocycles. The Morgan fingerprint density at radius 1 is 0.788 bits per heavy atom. The van der Waals surface area contributed by atoms with E-state index in [1.54, 1.807) is 14.2 Å². The van der Waals surface area contributed by atoms with Gasteiger partial charge in [0.2, 0.25) is 0 Å². The van der Waals surface area contributed by atoms with Gasteiger partial charge in [-0.05, 0) is 53.8 Å². The molecule has 175 valence electrons. The standard InChI is InChI=1S/C28H33O3S2/c1-5-22(2)33-32-21-9-20-31-28(23-10-7-6-8-11-23,24-12-16-26(29-3)17-13-24)25-14-18-27(30-4)19-15-25/h6-8,10-19,22H,1,5,9,20-21H2,2-4H3. The van der Waals surface area contributed by atoms with E-state index < -0.39 is 5.60 Å². The van der Waals surface area contributed by atoms with E-state index in [2.05, 4.69) is 62.4 Å². The molecule has 33 heavy (non-hydrogen) atoms. The van der Waals surface area contributed by atoms with Crippen LogP contribution in [-0.4, -0.2) is 31.8 Å². The van der Waals surface area contributed by atoms with Gasteiger partial charge < -0.3 is 14.2 Å². The molecule has 3 nitrogen and oxygen atoms in total. The molecule has 5 heteroatoms. The van der Waals surface area contributed by atoms with Gasteiger partial charge in [-0.2, -0.15) is 0 Å². The van der Waals surface area contributed by atoms with Crippen molar-refractivity contribution in [1.29, 1.82) is 0 Å². The number of hydrogen-bond acceptors (Lipinski definition) is 5. The lowest BCUT2D eigenvalue weighted by Gasteiger charge is -2.36. The SMILES string of the molecule is [CH2]CC(C)SSCCCOC(c1ccccc1)(c1ccc(OC)cc1)c1ccc(OC)cc1. The first-order valence-electron chi connectivity index (χ1n) is 11.2. The predicted octanol–water partition coefficient (Wildman–Crippen LogP) is 7.40. The number of methoxy groups -OCH3 is 2. The lowest BCUT2D eigenvalue weighted by atomic mass is 9.80. The normalized spacial score (nSPS) is 12.4. The molecule has 0 amide bonds. The number of ether oxygens (including phenoxy) is 3. The van der Waals surface area contributed by atoms with E-state index in [-0.39, 0.29) is 0 Å². The molecule has 1 atom stereocenters. The van der Waals surface area contributed by atoms with Crippen LogP contribution in [-0.2, 0) is 10.3 Å². The predicted molar refractivity (Wildman–Crippen MR) is 142 cm³/mol. The smallest absolute Gasteiger partial charge is 0.143 e. The zero-order valence-corrected chi connectivity index (χ0v) is 21.3. The van der Waals surface area contributed by atoms with E-state index in [1.807, 2.05) is 51.9 Å². The average molecular weight is 482 g/mol. The van der Waals surface area contributed by atoms with E-state index in [4.69, 9.17) is 14.2 Å². The van der Waals surface area contributed by atoms with Crippen LogP contribution in [0.3, 0.4) is 0 Å². The topological polar surface area (TPSA) is 27.7 Å². The molecule has 3 aromatic carbocycles. The molecule has 1 radical (unpaired) electrons. The van der Waals surface area contributed by atoms with Crippen molar-refractivity contribution in [2.75, 3.05) is 26.6 Å². The van der Waals surface area contributed by atoms with E-state index in [1.165, 1.54) is 0 Å². The number of benzene rings is 3. The lowest BCUT2D eigenvalue weighted by Crippen LogP contribution is -2.33. The van der Waals surface area contributed by atoms with Crippen LogP contribution < -0.4 is 9.47 Å². The van der Waals surface area contributed by atoms with E-state index >= 15 is 0 Å². The molecule has 0 aromatic heterocycles. The highest BCUT2D eigenvalue weighted by Gasteiger charge is 2.37. The van der Waals surface area contributed by atoms with Gasteiger partial charge in [-0.1, -0.05) is 90.0 Å². The maximum atomic E-state index is 6.85. The van der Waals surface area contributed by atoms with Crippen LogP contribution in [0.2, 0.25) is 0 Å². The lowest BCUT2D eigenvalue weighted by molar-refractivity contribution is 0.0137. The summed E-state index contributed by atoms with van der Waals surface area (Å²) in [5.74, 6) is 2.68. The Balaban J connectivity index is 1.96. The van der Waals surface area contributed by atoms with E-state index in [0.29, 0.717) is 11.9 Å².